The molecule has 0 radical (unpaired) electrons. The smallest absolute Gasteiger partial charge is 0.255 e. The first-order valence-electron chi connectivity index (χ1n) is 9.10. The Morgan fingerprint density at radius 2 is 1.89 bits per heavy atom. The number of benzene rings is 1. The molecule has 1 aliphatic heterocycles. The van der Waals surface area contributed by atoms with Crippen LogP contribution in [0.15, 0.2) is 36.5 Å². The second kappa shape index (κ2) is 8.08. The largest absolute Gasteiger partial charge is 0.370 e. The van der Waals surface area contributed by atoms with Gasteiger partial charge in [-0.15, -0.1) is 0 Å². The molecule has 2 heterocycles. The lowest BCUT2D eigenvalue weighted by Gasteiger charge is -2.26. The molecule has 1 N–H and O–H groups in total. The Morgan fingerprint density at radius 3 is 2.52 bits per heavy atom. The van der Waals surface area contributed by atoms with Crippen molar-refractivity contribution in [2.75, 3.05) is 36.5 Å². The Hall–Kier alpha value is -2.41. The number of pyridine rings is 1. The van der Waals surface area contributed by atoms with E-state index in [1.54, 1.807) is 23.2 Å². The third kappa shape index (κ3) is 5.07. The summed E-state index contributed by atoms with van der Waals surface area (Å²) in [6, 6.07) is 9.97. The van der Waals surface area contributed by atoms with E-state index >= 15 is 0 Å². The number of nitrogens with one attached hydrogen (secondary N) is 1. The van der Waals surface area contributed by atoms with Crippen LogP contribution in [0.2, 0.25) is 0 Å². The number of aryl methyl sites for hydroxylation is 2. The summed E-state index contributed by atoms with van der Waals surface area (Å²) in [5.74, 6) is 0.617. The average molecular weight is 388 g/mol. The SMILES string of the molecule is Cc1ccc(CCNc2ccc(C(=O)N3CCS(=O)(=O)CC3)cn2)c(C)c1. The van der Waals surface area contributed by atoms with Crippen molar-refractivity contribution in [3.05, 3.63) is 58.8 Å². The van der Waals surface area contributed by atoms with Gasteiger partial charge in [0.25, 0.3) is 5.91 Å². The van der Waals surface area contributed by atoms with Gasteiger partial charge in [0.15, 0.2) is 9.84 Å². The van der Waals surface area contributed by atoms with Crippen molar-refractivity contribution < 1.29 is 13.2 Å². The van der Waals surface area contributed by atoms with Crippen LogP contribution in [0, 0.1) is 13.8 Å². The second-order valence-electron chi connectivity index (χ2n) is 6.98. The molecule has 1 amide bonds. The fourth-order valence-corrected chi connectivity index (χ4v) is 4.38. The molecule has 27 heavy (non-hydrogen) atoms. The summed E-state index contributed by atoms with van der Waals surface area (Å²) in [6.07, 6.45) is 2.45. The molecule has 7 heteroatoms. The Balaban J connectivity index is 1.53. The maximum absolute atomic E-state index is 12.5. The lowest BCUT2D eigenvalue weighted by Crippen LogP contribution is -2.43. The molecule has 0 unspecified atom stereocenters. The zero-order valence-electron chi connectivity index (χ0n) is 15.7. The van der Waals surface area contributed by atoms with Crippen molar-refractivity contribution in [1.82, 2.24) is 9.88 Å². The Kier molecular flexibility index (Phi) is 5.79. The molecule has 0 atom stereocenters. The molecule has 0 bridgehead atoms. The summed E-state index contributed by atoms with van der Waals surface area (Å²) in [6.45, 7) is 5.46. The van der Waals surface area contributed by atoms with E-state index in [0.29, 0.717) is 5.56 Å². The lowest BCUT2D eigenvalue weighted by atomic mass is 10.0. The zero-order valence-corrected chi connectivity index (χ0v) is 16.6. The molecule has 1 fully saturated rings. The topological polar surface area (TPSA) is 79.4 Å². The molecule has 0 aliphatic carbocycles. The highest BCUT2D eigenvalue weighted by Crippen LogP contribution is 2.13. The first kappa shape index (κ1) is 19.4. The highest BCUT2D eigenvalue weighted by molar-refractivity contribution is 7.91. The molecule has 1 aliphatic rings. The first-order valence-corrected chi connectivity index (χ1v) is 10.9. The van der Waals surface area contributed by atoms with Crippen LogP contribution < -0.4 is 5.32 Å². The number of amides is 1. The van der Waals surface area contributed by atoms with E-state index in [1.807, 2.05) is 0 Å². The highest BCUT2D eigenvalue weighted by Gasteiger charge is 2.25. The van der Waals surface area contributed by atoms with Gasteiger partial charge in [-0.2, -0.15) is 0 Å². The minimum Gasteiger partial charge on any atom is -0.370 e. The molecule has 1 saturated heterocycles. The van der Waals surface area contributed by atoms with Gasteiger partial charge >= 0.3 is 0 Å². The van der Waals surface area contributed by atoms with Crippen molar-refractivity contribution in [3.8, 4) is 0 Å². The van der Waals surface area contributed by atoms with E-state index in [1.165, 1.54) is 16.7 Å². The van der Waals surface area contributed by atoms with Crippen LogP contribution in [0.1, 0.15) is 27.0 Å². The van der Waals surface area contributed by atoms with Gasteiger partial charge in [0.2, 0.25) is 0 Å². The van der Waals surface area contributed by atoms with Gasteiger partial charge in [-0.3, -0.25) is 4.79 Å². The van der Waals surface area contributed by atoms with E-state index < -0.39 is 9.84 Å². The number of carbonyl (C=O) groups excluding carboxylic acids is 1. The van der Waals surface area contributed by atoms with Crippen molar-refractivity contribution in [2.24, 2.45) is 0 Å². The summed E-state index contributed by atoms with van der Waals surface area (Å²) >= 11 is 0. The number of hydrogen-bond donors (Lipinski definition) is 1. The van der Waals surface area contributed by atoms with E-state index in [-0.39, 0.29) is 30.5 Å². The number of rotatable bonds is 5. The number of hydrogen-bond acceptors (Lipinski definition) is 5. The maximum atomic E-state index is 12.5. The minimum atomic E-state index is -3.00. The number of nitrogens with zero attached hydrogens (tertiary/aromatic N) is 2. The van der Waals surface area contributed by atoms with Crippen LogP contribution in [-0.2, 0) is 16.3 Å². The Labute approximate surface area is 160 Å². The fourth-order valence-electron chi connectivity index (χ4n) is 3.17. The van der Waals surface area contributed by atoms with Crippen LogP contribution in [0.5, 0.6) is 0 Å². The van der Waals surface area contributed by atoms with Gasteiger partial charge in [-0.05, 0) is 43.5 Å². The van der Waals surface area contributed by atoms with E-state index in [2.05, 4.69) is 42.3 Å². The lowest BCUT2D eigenvalue weighted by molar-refractivity contribution is 0.0770. The molecule has 0 spiro atoms. The molecule has 1 aromatic heterocycles. The summed E-state index contributed by atoms with van der Waals surface area (Å²) in [5.41, 5.74) is 4.33. The third-order valence-electron chi connectivity index (χ3n) is 4.84. The highest BCUT2D eigenvalue weighted by atomic mass is 32.2. The van der Waals surface area contributed by atoms with E-state index in [4.69, 9.17) is 0 Å². The Morgan fingerprint density at radius 1 is 1.15 bits per heavy atom. The summed E-state index contributed by atoms with van der Waals surface area (Å²) < 4.78 is 23.0. The van der Waals surface area contributed by atoms with Crippen LogP contribution in [0.3, 0.4) is 0 Å². The van der Waals surface area contributed by atoms with E-state index in [0.717, 1.165) is 18.8 Å². The molecule has 1 aromatic carbocycles. The maximum Gasteiger partial charge on any atom is 0.255 e. The number of sulfone groups is 1. The normalized spacial score (nSPS) is 16.1. The van der Waals surface area contributed by atoms with Gasteiger partial charge in [0.1, 0.15) is 5.82 Å². The molecule has 144 valence electrons. The monoisotopic (exact) mass is 387 g/mol. The quantitative estimate of drug-likeness (QED) is 0.851. The predicted molar refractivity (Wildman–Crippen MR) is 107 cm³/mol. The van der Waals surface area contributed by atoms with Gasteiger partial charge in [0.05, 0.1) is 17.1 Å². The second-order valence-corrected chi connectivity index (χ2v) is 9.29. The Bertz CT molecular complexity index is 910. The summed E-state index contributed by atoms with van der Waals surface area (Å²) in [7, 11) is -3.00. The summed E-state index contributed by atoms with van der Waals surface area (Å²) in [5, 5.41) is 3.28. The van der Waals surface area contributed by atoms with Crippen LogP contribution in [0.25, 0.3) is 0 Å². The molecule has 6 nitrogen and oxygen atoms in total. The van der Waals surface area contributed by atoms with Crippen molar-refractivity contribution >= 4 is 21.6 Å². The van der Waals surface area contributed by atoms with Crippen LogP contribution in [-0.4, -0.2) is 55.3 Å². The molecule has 3 rings (SSSR count). The third-order valence-corrected chi connectivity index (χ3v) is 6.45. The predicted octanol–water partition coefficient (Wildman–Crippen LogP) is 2.22. The van der Waals surface area contributed by atoms with Crippen molar-refractivity contribution in [1.29, 1.82) is 0 Å². The number of aromatic nitrogens is 1. The minimum absolute atomic E-state index is 0.0320. The van der Waals surface area contributed by atoms with Crippen molar-refractivity contribution in [3.63, 3.8) is 0 Å². The first-order chi connectivity index (χ1) is 12.8. The van der Waals surface area contributed by atoms with Crippen molar-refractivity contribution in [2.45, 2.75) is 20.3 Å². The molecule has 2 aromatic rings. The molecular weight excluding hydrogens is 362 g/mol. The average Bonchev–Trinajstić information content (AvgIpc) is 2.63. The van der Waals surface area contributed by atoms with Gasteiger partial charge in [-0.1, -0.05) is 23.8 Å². The summed E-state index contributed by atoms with van der Waals surface area (Å²) in [4.78, 5) is 18.3. The molecule has 0 saturated carbocycles. The standard InChI is InChI=1S/C20H25N3O3S/c1-15-3-4-17(16(2)13-15)7-8-21-19-6-5-18(14-22-19)20(24)23-9-11-27(25,26)12-10-23/h3-6,13-14H,7-12H2,1-2H3,(H,21,22). The van der Waals surface area contributed by atoms with Crippen LogP contribution >= 0.6 is 0 Å². The molecular formula is C20H25N3O3S. The zero-order chi connectivity index (χ0) is 19.4. The van der Waals surface area contributed by atoms with Gasteiger partial charge in [0, 0.05) is 25.8 Å². The van der Waals surface area contributed by atoms with E-state index in [9.17, 15) is 13.2 Å². The fraction of sp³-hybridized carbons (Fsp3) is 0.400. The van der Waals surface area contributed by atoms with Gasteiger partial charge < -0.3 is 10.2 Å². The van der Waals surface area contributed by atoms with Gasteiger partial charge in [-0.25, -0.2) is 13.4 Å². The van der Waals surface area contributed by atoms with Crippen LogP contribution in [0.4, 0.5) is 5.82 Å². The number of anilines is 1. The number of carbonyl (C=O) groups is 1.